The number of nitriles is 1. The summed E-state index contributed by atoms with van der Waals surface area (Å²) in [7, 11) is 0. The smallest absolute Gasteiger partial charge is 0.106 e. The molecule has 1 fully saturated rings. The van der Waals surface area contributed by atoms with Crippen LogP contribution in [-0.2, 0) is 4.74 Å². The quantitative estimate of drug-likeness (QED) is 0.789. The highest BCUT2D eigenvalue weighted by atomic mass is 16.5. The van der Waals surface area contributed by atoms with Crippen molar-refractivity contribution >= 4 is 0 Å². The SMILES string of the molecule is CCNC(C)(C#N)CC(C)OC1CCCC(C)C1. The number of rotatable bonds is 6. The van der Waals surface area contributed by atoms with Gasteiger partial charge in [-0.1, -0.05) is 26.7 Å². The van der Waals surface area contributed by atoms with Gasteiger partial charge < -0.3 is 4.74 Å². The van der Waals surface area contributed by atoms with Crippen molar-refractivity contribution in [3.8, 4) is 6.07 Å². The van der Waals surface area contributed by atoms with Crippen LogP contribution in [0.4, 0.5) is 0 Å². The molecule has 104 valence electrons. The second-order valence-corrected chi connectivity index (χ2v) is 6.02. The van der Waals surface area contributed by atoms with Crippen LogP contribution in [0.15, 0.2) is 0 Å². The summed E-state index contributed by atoms with van der Waals surface area (Å²) >= 11 is 0. The van der Waals surface area contributed by atoms with Gasteiger partial charge in [0.25, 0.3) is 0 Å². The third-order valence-corrected chi connectivity index (χ3v) is 3.82. The fraction of sp³-hybridized carbons (Fsp3) is 0.933. The minimum absolute atomic E-state index is 0.143. The summed E-state index contributed by atoms with van der Waals surface area (Å²) in [6.45, 7) is 9.20. The molecule has 1 rings (SSSR count). The molecule has 1 N–H and O–H groups in total. The zero-order valence-electron chi connectivity index (χ0n) is 12.3. The van der Waals surface area contributed by atoms with E-state index < -0.39 is 5.54 Å². The maximum atomic E-state index is 9.25. The number of nitrogens with one attached hydrogen (secondary N) is 1. The van der Waals surface area contributed by atoms with E-state index in [1.807, 2.05) is 13.8 Å². The second-order valence-electron chi connectivity index (χ2n) is 6.02. The molecule has 18 heavy (non-hydrogen) atoms. The first kappa shape index (κ1) is 15.5. The molecule has 0 amide bonds. The molecular weight excluding hydrogens is 224 g/mol. The van der Waals surface area contributed by atoms with Crippen molar-refractivity contribution in [1.82, 2.24) is 5.32 Å². The van der Waals surface area contributed by atoms with Crippen LogP contribution >= 0.6 is 0 Å². The van der Waals surface area contributed by atoms with Gasteiger partial charge in [0.15, 0.2) is 0 Å². The summed E-state index contributed by atoms with van der Waals surface area (Å²) in [6.07, 6.45) is 6.26. The van der Waals surface area contributed by atoms with Gasteiger partial charge in [-0.15, -0.1) is 0 Å². The predicted octanol–water partition coefficient (Wildman–Crippen LogP) is 3.25. The molecule has 0 spiro atoms. The summed E-state index contributed by atoms with van der Waals surface area (Å²) in [6, 6.07) is 2.37. The van der Waals surface area contributed by atoms with Gasteiger partial charge in [0, 0.05) is 6.42 Å². The number of nitrogens with zero attached hydrogens (tertiary/aromatic N) is 1. The van der Waals surface area contributed by atoms with Crippen LogP contribution in [0.1, 0.15) is 59.8 Å². The lowest BCUT2D eigenvalue weighted by atomic mass is 9.88. The Bertz CT molecular complexity index is 287. The van der Waals surface area contributed by atoms with Gasteiger partial charge in [0.1, 0.15) is 5.54 Å². The van der Waals surface area contributed by atoms with Gasteiger partial charge >= 0.3 is 0 Å². The van der Waals surface area contributed by atoms with Gasteiger partial charge in [-0.25, -0.2) is 0 Å². The lowest BCUT2D eigenvalue weighted by molar-refractivity contribution is -0.0396. The molecular formula is C15H28N2O. The molecule has 0 radical (unpaired) electrons. The van der Waals surface area contributed by atoms with E-state index in [1.165, 1.54) is 25.7 Å². The van der Waals surface area contributed by atoms with E-state index in [9.17, 15) is 5.26 Å². The van der Waals surface area contributed by atoms with Crippen molar-refractivity contribution in [3.63, 3.8) is 0 Å². The van der Waals surface area contributed by atoms with Crippen LogP contribution in [0.2, 0.25) is 0 Å². The molecule has 0 aromatic heterocycles. The van der Waals surface area contributed by atoms with Crippen LogP contribution < -0.4 is 5.32 Å². The Hall–Kier alpha value is -0.590. The van der Waals surface area contributed by atoms with E-state index >= 15 is 0 Å². The normalized spacial score (nSPS) is 29.3. The molecule has 0 aliphatic heterocycles. The molecule has 1 aliphatic rings. The standard InChI is InChI=1S/C15H28N2O/c1-5-17-15(4,11-16)10-13(3)18-14-8-6-7-12(2)9-14/h12-14,17H,5-10H2,1-4H3. The summed E-state index contributed by atoms with van der Waals surface area (Å²) in [5.41, 5.74) is -0.464. The highest BCUT2D eigenvalue weighted by molar-refractivity contribution is 5.04. The van der Waals surface area contributed by atoms with E-state index in [1.54, 1.807) is 0 Å². The minimum Gasteiger partial charge on any atom is -0.375 e. The molecule has 4 unspecified atom stereocenters. The lowest BCUT2D eigenvalue weighted by Gasteiger charge is -2.32. The number of ether oxygens (including phenoxy) is 1. The van der Waals surface area contributed by atoms with E-state index in [0.29, 0.717) is 6.10 Å². The van der Waals surface area contributed by atoms with E-state index in [4.69, 9.17) is 4.74 Å². The third kappa shape index (κ3) is 4.96. The van der Waals surface area contributed by atoms with Crippen molar-refractivity contribution in [2.75, 3.05) is 6.54 Å². The fourth-order valence-corrected chi connectivity index (χ4v) is 3.00. The van der Waals surface area contributed by atoms with Crippen molar-refractivity contribution < 1.29 is 4.74 Å². The Balaban J connectivity index is 2.40. The summed E-state index contributed by atoms with van der Waals surface area (Å²) < 4.78 is 6.11. The molecule has 1 aliphatic carbocycles. The minimum atomic E-state index is -0.464. The molecule has 4 atom stereocenters. The fourth-order valence-electron chi connectivity index (χ4n) is 3.00. The van der Waals surface area contributed by atoms with Crippen LogP contribution in [0.25, 0.3) is 0 Å². The highest BCUT2D eigenvalue weighted by Crippen LogP contribution is 2.27. The first-order valence-electron chi connectivity index (χ1n) is 7.31. The van der Waals surface area contributed by atoms with E-state index in [0.717, 1.165) is 18.9 Å². The molecule has 0 saturated heterocycles. The Morgan fingerprint density at radius 1 is 1.50 bits per heavy atom. The van der Waals surface area contributed by atoms with Gasteiger partial charge in [-0.2, -0.15) is 5.26 Å². The second kappa shape index (κ2) is 7.11. The van der Waals surface area contributed by atoms with Crippen molar-refractivity contribution in [2.45, 2.75) is 77.5 Å². The monoisotopic (exact) mass is 252 g/mol. The average molecular weight is 252 g/mol. The van der Waals surface area contributed by atoms with Gasteiger partial charge in [0.2, 0.25) is 0 Å². The van der Waals surface area contributed by atoms with E-state index in [-0.39, 0.29) is 6.10 Å². The first-order chi connectivity index (χ1) is 8.49. The number of hydrogen-bond acceptors (Lipinski definition) is 3. The van der Waals surface area contributed by atoms with Crippen LogP contribution in [0.3, 0.4) is 0 Å². The molecule has 0 bridgehead atoms. The predicted molar refractivity (Wildman–Crippen MR) is 74.3 cm³/mol. The Morgan fingerprint density at radius 3 is 2.78 bits per heavy atom. The summed E-state index contributed by atoms with van der Waals surface area (Å²) in [5, 5.41) is 12.5. The topological polar surface area (TPSA) is 45.0 Å². The molecule has 3 nitrogen and oxygen atoms in total. The molecule has 0 heterocycles. The largest absolute Gasteiger partial charge is 0.375 e. The zero-order chi connectivity index (χ0) is 13.6. The molecule has 3 heteroatoms. The lowest BCUT2D eigenvalue weighted by Crippen LogP contribution is -2.44. The van der Waals surface area contributed by atoms with Gasteiger partial charge in [-0.05, 0) is 39.2 Å². The molecule has 1 saturated carbocycles. The summed E-state index contributed by atoms with van der Waals surface area (Å²) in [5.74, 6) is 0.784. The van der Waals surface area contributed by atoms with Crippen LogP contribution in [-0.4, -0.2) is 24.3 Å². The maximum Gasteiger partial charge on any atom is 0.106 e. The van der Waals surface area contributed by atoms with Gasteiger partial charge in [-0.3, -0.25) is 5.32 Å². The van der Waals surface area contributed by atoms with Crippen LogP contribution in [0, 0.1) is 17.2 Å². The summed E-state index contributed by atoms with van der Waals surface area (Å²) in [4.78, 5) is 0. The first-order valence-corrected chi connectivity index (χ1v) is 7.31. The highest BCUT2D eigenvalue weighted by Gasteiger charge is 2.28. The Kier molecular flexibility index (Phi) is 6.11. The molecule has 0 aromatic rings. The zero-order valence-corrected chi connectivity index (χ0v) is 12.3. The van der Waals surface area contributed by atoms with E-state index in [2.05, 4.69) is 25.2 Å². The third-order valence-electron chi connectivity index (χ3n) is 3.82. The van der Waals surface area contributed by atoms with Crippen molar-refractivity contribution in [3.05, 3.63) is 0 Å². The maximum absolute atomic E-state index is 9.25. The average Bonchev–Trinajstić information content (AvgIpc) is 2.29. The van der Waals surface area contributed by atoms with Gasteiger partial charge in [0.05, 0.1) is 18.3 Å². The van der Waals surface area contributed by atoms with Crippen molar-refractivity contribution in [2.24, 2.45) is 5.92 Å². The molecule has 0 aromatic carbocycles. The Labute approximate surface area is 112 Å². The van der Waals surface area contributed by atoms with Crippen LogP contribution in [0.5, 0.6) is 0 Å². The number of hydrogen-bond donors (Lipinski definition) is 1. The Morgan fingerprint density at radius 2 is 2.22 bits per heavy atom. The van der Waals surface area contributed by atoms with Crippen molar-refractivity contribution in [1.29, 1.82) is 5.26 Å².